The lowest BCUT2D eigenvalue weighted by atomic mass is 10.1. The predicted molar refractivity (Wildman–Crippen MR) is 93.8 cm³/mol. The highest BCUT2D eigenvalue weighted by Crippen LogP contribution is 2.31. The Balaban J connectivity index is 2.06. The van der Waals surface area contributed by atoms with Gasteiger partial charge in [-0.05, 0) is 38.5 Å². The fourth-order valence-electron chi connectivity index (χ4n) is 2.02. The molecule has 0 aromatic heterocycles. The standard InChI is InChI=1S/C20H22O4/c1-20(2,3)24-18(21)13-12-16-10-7-11-17(19(16)22)23-14-15-8-5-4-6-9-15/h4-13,22H,14H2,1-3H3/b13-12+. The number of hydrogen-bond acceptors (Lipinski definition) is 4. The third-order valence-electron chi connectivity index (χ3n) is 3.07. The monoisotopic (exact) mass is 326 g/mol. The molecule has 0 saturated carbocycles. The van der Waals surface area contributed by atoms with Gasteiger partial charge in [0.15, 0.2) is 11.5 Å². The van der Waals surface area contributed by atoms with Gasteiger partial charge in [0, 0.05) is 11.6 Å². The van der Waals surface area contributed by atoms with Crippen LogP contribution in [0.4, 0.5) is 0 Å². The summed E-state index contributed by atoms with van der Waals surface area (Å²) in [5, 5.41) is 10.3. The van der Waals surface area contributed by atoms with Crippen molar-refractivity contribution in [3.63, 3.8) is 0 Å². The first-order chi connectivity index (χ1) is 11.3. The first kappa shape index (κ1) is 17.6. The van der Waals surface area contributed by atoms with Gasteiger partial charge in [0.2, 0.25) is 0 Å². The van der Waals surface area contributed by atoms with Crippen molar-refractivity contribution in [3.05, 3.63) is 65.7 Å². The minimum absolute atomic E-state index is 0.00626. The van der Waals surface area contributed by atoms with Crippen molar-refractivity contribution in [3.8, 4) is 11.5 Å². The second-order valence-corrected chi connectivity index (χ2v) is 6.34. The molecular formula is C20H22O4. The lowest BCUT2D eigenvalue weighted by Gasteiger charge is -2.17. The minimum atomic E-state index is -0.551. The molecular weight excluding hydrogens is 304 g/mol. The summed E-state index contributed by atoms with van der Waals surface area (Å²) in [6.45, 7) is 5.75. The van der Waals surface area contributed by atoms with Gasteiger partial charge in [-0.1, -0.05) is 42.5 Å². The number of benzene rings is 2. The molecule has 4 nitrogen and oxygen atoms in total. The molecule has 2 aromatic rings. The number of rotatable bonds is 5. The zero-order chi connectivity index (χ0) is 17.6. The maximum Gasteiger partial charge on any atom is 0.331 e. The van der Waals surface area contributed by atoms with E-state index in [2.05, 4.69) is 0 Å². The van der Waals surface area contributed by atoms with Gasteiger partial charge in [-0.3, -0.25) is 0 Å². The topological polar surface area (TPSA) is 55.8 Å². The van der Waals surface area contributed by atoms with Crippen molar-refractivity contribution in [1.29, 1.82) is 0 Å². The SMILES string of the molecule is CC(C)(C)OC(=O)/C=C/c1cccc(OCc2ccccc2)c1O. The fourth-order valence-corrected chi connectivity index (χ4v) is 2.02. The van der Waals surface area contributed by atoms with Gasteiger partial charge in [-0.2, -0.15) is 0 Å². The smallest absolute Gasteiger partial charge is 0.331 e. The molecule has 0 aliphatic heterocycles. The third-order valence-corrected chi connectivity index (χ3v) is 3.07. The van der Waals surface area contributed by atoms with Crippen molar-refractivity contribution < 1.29 is 19.4 Å². The van der Waals surface area contributed by atoms with Crippen molar-refractivity contribution in [2.45, 2.75) is 33.0 Å². The summed E-state index contributed by atoms with van der Waals surface area (Å²) in [5.74, 6) is -0.101. The summed E-state index contributed by atoms with van der Waals surface area (Å²) >= 11 is 0. The van der Waals surface area contributed by atoms with E-state index < -0.39 is 11.6 Å². The lowest BCUT2D eigenvalue weighted by molar-refractivity contribution is -0.148. The number of carbonyl (C=O) groups excluding carboxylic acids is 1. The van der Waals surface area contributed by atoms with E-state index >= 15 is 0 Å². The molecule has 0 spiro atoms. The van der Waals surface area contributed by atoms with Gasteiger partial charge in [0.25, 0.3) is 0 Å². The normalized spacial score (nSPS) is 11.5. The van der Waals surface area contributed by atoms with Gasteiger partial charge in [0.05, 0.1) is 0 Å². The molecule has 0 atom stereocenters. The van der Waals surface area contributed by atoms with E-state index in [1.54, 1.807) is 39.0 Å². The van der Waals surface area contributed by atoms with Crippen molar-refractivity contribution >= 4 is 12.0 Å². The molecule has 24 heavy (non-hydrogen) atoms. The molecule has 0 amide bonds. The number of phenols is 1. The second-order valence-electron chi connectivity index (χ2n) is 6.34. The van der Waals surface area contributed by atoms with E-state index in [-0.39, 0.29) is 5.75 Å². The molecule has 126 valence electrons. The quantitative estimate of drug-likeness (QED) is 0.656. The van der Waals surface area contributed by atoms with Gasteiger partial charge >= 0.3 is 5.97 Å². The highest BCUT2D eigenvalue weighted by atomic mass is 16.6. The van der Waals surface area contributed by atoms with Crippen LogP contribution in [0, 0.1) is 0 Å². The first-order valence-corrected chi connectivity index (χ1v) is 7.75. The van der Waals surface area contributed by atoms with E-state index in [1.165, 1.54) is 12.2 Å². The van der Waals surface area contributed by atoms with Gasteiger partial charge in [0.1, 0.15) is 12.2 Å². The van der Waals surface area contributed by atoms with Crippen LogP contribution >= 0.6 is 0 Å². The summed E-state index contributed by atoms with van der Waals surface area (Å²) in [4.78, 5) is 11.7. The number of hydrogen-bond donors (Lipinski definition) is 1. The van der Waals surface area contributed by atoms with Crippen LogP contribution in [0.15, 0.2) is 54.6 Å². The summed E-state index contributed by atoms with van der Waals surface area (Å²) in [5.41, 5.74) is 0.947. The molecule has 2 rings (SSSR count). The van der Waals surface area contributed by atoms with Crippen molar-refractivity contribution in [1.82, 2.24) is 0 Å². The number of phenolic OH excluding ortho intramolecular Hbond substituents is 1. The molecule has 0 saturated heterocycles. The number of para-hydroxylation sites is 1. The highest BCUT2D eigenvalue weighted by Gasteiger charge is 2.14. The first-order valence-electron chi connectivity index (χ1n) is 7.75. The maximum atomic E-state index is 11.7. The van der Waals surface area contributed by atoms with Crippen LogP contribution in [0.25, 0.3) is 6.08 Å². The second kappa shape index (κ2) is 7.68. The van der Waals surface area contributed by atoms with E-state index in [4.69, 9.17) is 9.47 Å². The van der Waals surface area contributed by atoms with Gasteiger partial charge < -0.3 is 14.6 Å². The lowest BCUT2D eigenvalue weighted by Crippen LogP contribution is -2.22. The van der Waals surface area contributed by atoms with Crippen LogP contribution in [-0.2, 0) is 16.1 Å². The number of carbonyl (C=O) groups is 1. The Labute approximate surface area is 142 Å². The molecule has 0 unspecified atom stereocenters. The van der Waals surface area contributed by atoms with Gasteiger partial charge in [-0.25, -0.2) is 4.79 Å². The number of aromatic hydroxyl groups is 1. The molecule has 0 aliphatic rings. The zero-order valence-corrected chi connectivity index (χ0v) is 14.2. The average molecular weight is 326 g/mol. The van der Waals surface area contributed by atoms with E-state index in [0.717, 1.165) is 5.56 Å². The Morgan fingerprint density at radius 2 is 1.79 bits per heavy atom. The summed E-state index contributed by atoms with van der Waals surface area (Å²) in [7, 11) is 0. The van der Waals surface area contributed by atoms with Crippen LogP contribution in [0.1, 0.15) is 31.9 Å². The predicted octanol–water partition coefficient (Wildman–Crippen LogP) is 4.33. The maximum absolute atomic E-state index is 11.7. The minimum Gasteiger partial charge on any atom is -0.504 e. The molecule has 0 heterocycles. The molecule has 0 fully saturated rings. The third kappa shape index (κ3) is 5.47. The number of ether oxygens (including phenoxy) is 2. The van der Waals surface area contributed by atoms with Crippen LogP contribution < -0.4 is 4.74 Å². The summed E-state index contributed by atoms with van der Waals surface area (Å²) in [6, 6.07) is 14.8. The van der Waals surface area contributed by atoms with E-state index in [9.17, 15) is 9.90 Å². The van der Waals surface area contributed by atoms with Crippen molar-refractivity contribution in [2.75, 3.05) is 0 Å². The summed E-state index contributed by atoms with van der Waals surface area (Å²) < 4.78 is 10.8. The molecule has 0 aliphatic carbocycles. The Morgan fingerprint density at radius 1 is 1.08 bits per heavy atom. The fraction of sp³-hybridized carbons (Fsp3) is 0.250. The molecule has 0 bridgehead atoms. The Hall–Kier alpha value is -2.75. The van der Waals surface area contributed by atoms with Crippen LogP contribution in [0.2, 0.25) is 0 Å². The van der Waals surface area contributed by atoms with Crippen LogP contribution in [0.3, 0.4) is 0 Å². The molecule has 0 radical (unpaired) electrons. The Bertz CT molecular complexity index is 712. The Kier molecular flexibility index (Phi) is 5.64. The number of esters is 1. The molecule has 1 N–H and O–H groups in total. The van der Waals surface area contributed by atoms with E-state index in [1.807, 2.05) is 30.3 Å². The molecule has 4 heteroatoms. The average Bonchev–Trinajstić information content (AvgIpc) is 2.52. The Morgan fingerprint density at radius 3 is 2.46 bits per heavy atom. The van der Waals surface area contributed by atoms with E-state index in [0.29, 0.717) is 17.9 Å². The van der Waals surface area contributed by atoms with Crippen LogP contribution in [0.5, 0.6) is 11.5 Å². The summed E-state index contributed by atoms with van der Waals surface area (Å²) in [6.07, 6.45) is 2.81. The zero-order valence-electron chi connectivity index (χ0n) is 14.2. The molecule has 2 aromatic carbocycles. The van der Waals surface area contributed by atoms with Gasteiger partial charge in [-0.15, -0.1) is 0 Å². The highest BCUT2D eigenvalue weighted by molar-refractivity contribution is 5.88. The van der Waals surface area contributed by atoms with Crippen molar-refractivity contribution in [2.24, 2.45) is 0 Å². The van der Waals surface area contributed by atoms with Crippen LogP contribution in [-0.4, -0.2) is 16.7 Å². The largest absolute Gasteiger partial charge is 0.504 e.